The Morgan fingerprint density at radius 2 is 2.05 bits per heavy atom. The molecule has 2 aromatic rings. The van der Waals surface area contributed by atoms with E-state index in [1.54, 1.807) is 13.0 Å². The Labute approximate surface area is 121 Å². The molecule has 108 valence electrons. The lowest BCUT2D eigenvalue weighted by molar-refractivity contribution is -0.120. The average Bonchev–Trinajstić information content (AvgIpc) is 2.80. The summed E-state index contributed by atoms with van der Waals surface area (Å²) in [6.07, 6.45) is 5.07. The van der Waals surface area contributed by atoms with Gasteiger partial charge in [0.1, 0.15) is 0 Å². The highest BCUT2D eigenvalue weighted by Gasteiger charge is 2.10. The van der Waals surface area contributed by atoms with Gasteiger partial charge in [-0.2, -0.15) is 5.10 Å². The Morgan fingerprint density at radius 3 is 2.71 bits per heavy atom. The summed E-state index contributed by atoms with van der Waals surface area (Å²) in [4.78, 5) is 23.0. The van der Waals surface area contributed by atoms with Crippen LogP contribution in [-0.4, -0.2) is 22.3 Å². The van der Waals surface area contributed by atoms with Crippen molar-refractivity contribution in [2.24, 2.45) is 5.10 Å². The Kier molecular flexibility index (Phi) is 4.87. The number of amides is 1. The normalized spacial score (nSPS) is 11.3. The third-order valence-corrected chi connectivity index (χ3v) is 2.87. The third-order valence-electron chi connectivity index (χ3n) is 2.87. The van der Waals surface area contributed by atoms with Crippen LogP contribution in [0.1, 0.15) is 16.8 Å². The van der Waals surface area contributed by atoms with Crippen LogP contribution in [0.15, 0.2) is 46.3 Å². The lowest BCUT2D eigenvalue weighted by atomic mass is 10.2. The predicted octanol–water partition coefficient (Wildman–Crippen LogP) is 1.37. The summed E-state index contributed by atoms with van der Waals surface area (Å²) in [6.45, 7) is 1.73. The molecular formula is C15H16N4O2. The standard InChI is InChI=1S/C15H16N4O2/c1-11-13(15(21)19-17-11)10-14(20)18-16-9-5-8-12-6-3-2-4-7-12/h2-9H,10H2,1H3,(H,18,20)(H2,17,19,21)/b8-5+,16-9-. The quantitative estimate of drug-likeness (QED) is 0.571. The van der Waals surface area contributed by atoms with Gasteiger partial charge < -0.3 is 5.10 Å². The second-order valence-electron chi connectivity index (χ2n) is 4.44. The topological polar surface area (TPSA) is 90.1 Å². The second kappa shape index (κ2) is 7.04. The molecule has 1 amide bonds. The lowest BCUT2D eigenvalue weighted by Gasteiger charge is -1.97. The van der Waals surface area contributed by atoms with Crippen LogP contribution in [0, 0.1) is 6.92 Å². The summed E-state index contributed by atoms with van der Waals surface area (Å²) in [7, 11) is 0. The minimum absolute atomic E-state index is 0.00952. The van der Waals surface area contributed by atoms with Crippen LogP contribution in [0.5, 0.6) is 0 Å². The molecule has 0 saturated carbocycles. The number of nitrogens with one attached hydrogen (secondary N) is 3. The molecule has 0 aliphatic heterocycles. The van der Waals surface area contributed by atoms with Gasteiger partial charge in [-0.25, -0.2) is 5.43 Å². The molecule has 0 saturated heterocycles. The number of rotatable bonds is 5. The van der Waals surface area contributed by atoms with E-state index in [-0.39, 0.29) is 17.9 Å². The summed E-state index contributed by atoms with van der Waals surface area (Å²) in [5, 5.41) is 8.89. The van der Waals surface area contributed by atoms with Crippen LogP contribution in [0.4, 0.5) is 0 Å². The number of hydrazone groups is 1. The zero-order valence-electron chi connectivity index (χ0n) is 11.6. The van der Waals surface area contributed by atoms with Crippen molar-refractivity contribution >= 4 is 18.2 Å². The van der Waals surface area contributed by atoms with E-state index in [9.17, 15) is 9.59 Å². The number of allylic oxidation sites excluding steroid dienone is 1. The van der Waals surface area contributed by atoms with Crippen molar-refractivity contribution in [2.45, 2.75) is 13.3 Å². The highest BCUT2D eigenvalue weighted by molar-refractivity contribution is 5.82. The Morgan fingerprint density at radius 1 is 1.29 bits per heavy atom. The minimum Gasteiger partial charge on any atom is -0.302 e. The maximum absolute atomic E-state index is 11.6. The lowest BCUT2D eigenvalue weighted by Crippen LogP contribution is -2.22. The first kappa shape index (κ1) is 14.5. The van der Waals surface area contributed by atoms with Gasteiger partial charge in [-0.05, 0) is 18.6 Å². The zero-order chi connectivity index (χ0) is 15.1. The SMILES string of the molecule is Cc1[nH][nH]c(=O)c1CC(=O)N/N=C\C=C\c1ccccc1. The Bertz CT molecular complexity index is 711. The van der Waals surface area contributed by atoms with Crippen molar-refractivity contribution in [1.29, 1.82) is 0 Å². The zero-order valence-corrected chi connectivity index (χ0v) is 11.6. The molecule has 6 heteroatoms. The molecule has 0 aliphatic rings. The molecule has 3 N–H and O–H groups in total. The van der Waals surface area contributed by atoms with Crippen molar-refractivity contribution in [3.8, 4) is 0 Å². The second-order valence-corrected chi connectivity index (χ2v) is 4.44. The smallest absolute Gasteiger partial charge is 0.267 e. The fourth-order valence-electron chi connectivity index (χ4n) is 1.76. The first-order valence-corrected chi connectivity index (χ1v) is 6.46. The maximum Gasteiger partial charge on any atom is 0.267 e. The molecule has 21 heavy (non-hydrogen) atoms. The van der Waals surface area contributed by atoms with E-state index < -0.39 is 0 Å². The number of aromatic nitrogens is 2. The molecule has 2 rings (SSSR count). The number of carbonyl (C=O) groups is 1. The molecule has 0 unspecified atom stereocenters. The maximum atomic E-state index is 11.6. The Hall–Kier alpha value is -2.89. The summed E-state index contributed by atoms with van der Waals surface area (Å²) >= 11 is 0. The molecule has 1 aromatic carbocycles. The van der Waals surface area contributed by atoms with Crippen LogP contribution < -0.4 is 11.0 Å². The van der Waals surface area contributed by atoms with Gasteiger partial charge in [-0.1, -0.05) is 36.4 Å². The molecule has 0 aliphatic carbocycles. The van der Waals surface area contributed by atoms with Crippen molar-refractivity contribution < 1.29 is 4.79 Å². The summed E-state index contributed by atoms with van der Waals surface area (Å²) in [5.41, 5.74) is 4.21. The highest BCUT2D eigenvalue weighted by Crippen LogP contribution is 2.00. The number of H-pyrrole nitrogens is 2. The van der Waals surface area contributed by atoms with Crippen LogP contribution >= 0.6 is 0 Å². The molecule has 0 radical (unpaired) electrons. The summed E-state index contributed by atoms with van der Waals surface area (Å²) < 4.78 is 0. The van der Waals surface area contributed by atoms with E-state index in [0.717, 1.165) is 5.56 Å². The number of hydrogen-bond donors (Lipinski definition) is 3. The summed E-state index contributed by atoms with van der Waals surface area (Å²) in [5.74, 6) is -0.340. The fraction of sp³-hybridized carbons (Fsp3) is 0.133. The van der Waals surface area contributed by atoms with E-state index in [2.05, 4.69) is 20.7 Å². The van der Waals surface area contributed by atoms with Gasteiger partial charge in [0, 0.05) is 17.5 Å². The number of aryl methyl sites for hydroxylation is 1. The van der Waals surface area contributed by atoms with Gasteiger partial charge >= 0.3 is 0 Å². The minimum atomic E-state index is -0.340. The molecule has 1 aromatic heterocycles. The number of benzene rings is 1. The monoisotopic (exact) mass is 284 g/mol. The van der Waals surface area contributed by atoms with Gasteiger partial charge in [0.05, 0.1) is 6.42 Å². The average molecular weight is 284 g/mol. The number of aromatic amines is 2. The van der Waals surface area contributed by atoms with Crippen molar-refractivity contribution in [2.75, 3.05) is 0 Å². The van der Waals surface area contributed by atoms with Gasteiger partial charge in [-0.3, -0.25) is 14.7 Å². The van der Waals surface area contributed by atoms with Crippen LogP contribution in [0.25, 0.3) is 6.08 Å². The molecular weight excluding hydrogens is 268 g/mol. The molecule has 6 nitrogen and oxygen atoms in total. The fourth-order valence-corrected chi connectivity index (χ4v) is 1.76. The van der Waals surface area contributed by atoms with Crippen molar-refractivity contribution in [1.82, 2.24) is 15.6 Å². The van der Waals surface area contributed by atoms with Crippen LogP contribution in [0.2, 0.25) is 0 Å². The van der Waals surface area contributed by atoms with E-state index in [0.29, 0.717) is 11.3 Å². The van der Waals surface area contributed by atoms with Gasteiger partial charge in [-0.15, -0.1) is 0 Å². The predicted molar refractivity (Wildman–Crippen MR) is 82.0 cm³/mol. The van der Waals surface area contributed by atoms with Crippen molar-refractivity contribution in [3.63, 3.8) is 0 Å². The number of carbonyl (C=O) groups excluding carboxylic acids is 1. The van der Waals surface area contributed by atoms with E-state index in [4.69, 9.17) is 0 Å². The van der Waals surface area contributed by atoms with Crippen molar-refractivity contribution in [3.05, 3.63) is 63.6 Å². The Balaban J connectivity index is 1.83. The van der Waals surface area contributed by atoms with E-state index in [1.807, 2.05) is 36.4 Å². The molecule has 0 bridgehead atoms. The van der Waals surface area contributed by atoms with Gasteiger partial charge in [0.15, 0.2) is 0 Å². The van der Waals surface area contributed by atoms with Crippen LogP contribution in [-0.2, 0) is 11.2 Å². The third kappa shape index (κ3) is 4.31. The van der Waals surface area contributed by atoms with E-state index >= 15 is 0 Å². The molecule has 0 spiro atoms. The van der Waals surface area contributed by atoms with Crippen LogP contribution in [0.3, 0.4) is 0 Å². The van der Waals surface area contributed by atoms with Gasteiger partial charge in [0.25, 0.3) is 5.56 Å². The van der Waals surface area contributed by atoms with Gasteiger partial charge in [0.2, 0.25) is 5.91 Å². The molecule has 1 heterocycles. The summed E-state index contributed by atoms with van der Waals surface area (Å²) in [6, 6.07) is 9.74. The largest absolute Gasteiger partial charge is 0.302 e. The highest BCUT2D eigenvalue weighted by atomic mass is 16.2. The first-order valence-electron chi connectivity index (χ1n) is 6.46. The number of nitrogens with zero attached hydrogens (tertiary/aromatic N) is 1. The first-order chi connectivity index (χ1) is 10.2. The number of hydrogen-bond acceptors (Lipinski definition) is 3. The van der Waals surface area contributed by atoms with E-state index in [1.165, 1.54) is 6.21 Å². The molecule has 0 atom stereocenters. The molecule has 0 fully saturated rings.